The lowest BCUT2D eigenvalue weighted by Crippen LogP contribution is -2.51. The Kier molecular flexibility index (Phi) is 11.6. The molecule has 0 heterocycles. The summed E-state index contributed by atoms with van der Waals surface area (Å²) >= 11 is 9.41. The lowest BCUT2D eigenvalue weighted by molar-refractivity contribution is -0.139. The molecule has 0 spiro atoms. The third kappa shape index (κ3) is 8.47. The van der Waals surface area contributed by atoms with E-state index in [0.717, 1.165) is 28.3 Å². The van der Waals surface area contributed by atoms with E-state index in [2.05, 4.69) is 21.2 Å². The lowest BCUT2D eigenvalue weighted by atomic mass is 10.1. The van der Waals surface area contributed by atoms with Crippen molar-refractivity contribution in [3.63, 3.8) is 0 Å². The van der Waals surface area contributed by atoms with E-state index in [-0.39, 0.29) is 17.3 Å². The zero-order valence-corrected chi connectivity index (χ0v) is 26.7. The smallest absolute Gasteiger partial charge is 0.264 e. The van der Waals surface area contributed by atoms with Crippen LogP contribution in [0, 0.1) is 6.92 Å². The number of halogens is 2. The van der Waals surface area contributed by atoms with Crippen molar-refractivity contribution in [1.82, 2.24) is 10.2 Å². The predicted molar refractivity (Wildman–Crippen MR) is 166 cm³/mol. The van der Waals surface area contributed by atoms with Crippen molar-refractivity contribution >= 4 is 55.1 Å². The third-order valence-corrected chi connectivity index (χ3v) is 9.22. The van der Waals surface area contributed by atoms with Gasteiger partial charge in [-0.05, 0) is 84.2 Å². The average molecular weight is 665 g/mol. The van der Waals surface area contributed by atoms with E-state index in [9.17, 15) is 18.0 Å². The molecule has 0 aliphatic heterocycles. The summed E-state index contributed by atoms with van der Waals surface area (Å²) in [5, 5.41) is 3.42. The summed E-state index contributed by atoms with van der Waals surface area (Å²) in [5.74, 6) is -0.377. The van der Waals surface area contributed by atoms with Crippen molar-refractivity contribution in [3.05, 3.63) is 87.4 Å². The van der Waals surface area contributed by atoms with Crippen LogP contribution in [0.3, 0.4) is 0 Å². The average Bonchev–Trinajstić information content (AvgIpc) is 2.95. The summed E-state index contributed by atoms with van der Waals surface area (Å²) in [4.78, 5) is 28.4. The van der Waals surface area contributed by atoms with E-state index >= 15 is 0 Å². The molecule has 1 N–H and O–H groups in total. The number of amides is 2. The molecular weight excluding hydrogens is 630 g/mol. The number of nitrogens with zero attached hydrogens (tertiary/aromatic N) is 2. The minimum Gasteiger partial charge on any atom is -0.496 e. The number of rotatable bonds is 13. The number of benzene rings is 3. The van der Waals surface area contributed by atoms with Gasteiger partial charge >= 0.3 is 0 Å². The van der Waals surface area contributed by atoms with Gasteiger partial charge in [0.05, 0.1) is 22.2 Å². The highest BCUT2D eigenvalue weighted by Gasteiger charge is 2.32. The van der Waals surface area contributed by atoms with Gasteiger partial charge in [-0.15, -0.1) is 0 Å². The Balaban J connectivity index is 2.01. The van der Waals surface area contributed by atoms with Crippen molar-refractivity contribution < 1.29 is 22.7 Å². The Bertz CT molecular complexity index is 1450. The van der Waals surface area contributed by atoms with Gasteiger partial charge < -0.3 is 15.0 Å². The Labute approximate surface area is 255 Å². The SMILES string of the molecule is CCCCNC(=O)[C@H](C)N(Cc1ccc(Cl)cc1)C(=O)CN(c1ccc(C)cc1)S(=O)(=O)c1ccc(OC)c(Br)c1. The molecule has 220 valence electrons. The minimum absolute atomic E-state index is 0.0202. The first-order valence-electron chi connectivity index (χ1n) is 13.2. The standard InChI is InChI=1S/C30H35BrClN3O5S/c1-5-6-17-33-30(37)22(3)34(19-23-9-11-24(32)12-10-23)29(36)20-35(25-13-7-21(2)8-14-25)41(38,39)26-15-16-28(40-4)27(31)18-26/h7-16,18,22H,5-6,17,19-20H2,1-4H3,(H,33,37)/t22-/m0/s1. The van der Waals surface area contributed by atoms with Crippen LogP contribution in [0.4, 0.5) is 5.69 Å². The van der Waals surface area contributed by atoms with Crippen LogP contribution in [0.2, 0.25) is 5.02 Å². The van der Waals surface area contributed by atoms with Crippen molar-refractivity contribution in [2.45, 2.75) is 51.1 Å². The highest BCUT2D eigenvalue weighted by atomic mass is 79.9. The maximum Gasteiger partial charge on any atom is 0.264 e. The number of ether oxygens (including phenoxy) is 1. The molecule has 3 aromatic rings. The molecule has 2 amide bonds. The van der Waals surface area contributed by atoms with Gasteiger partial charge in [0, 0.05) is 18.1 Å². The second-order valence-electron chi connectivity index (χ2n) is 9.61. The number of carbonyl (C=O) groups excluding carboxylic acids is 2. The monoisotopic (exact) mass is 663 g/mol. The van der Waals surface area contributed by atoms with Crippen molar-refractivity contribution in [2.75, 3.05) is 24.5 Å². The number of anilines is 1. The molecule has 0 aliphatic rings. The molecule has 3 rings (SSSR count). The van der Waals surface area contributed by atoms with Crippen molar-refractivity contribution in [3.8, 4) is 5.75 Å². The summed E-state index contributed by atoms with van der Waals surface area (Å²) in [6, 6.07) is 17.4. The number of sulfonamides is 1. The largest absolute Gasteiger partial charge is 0.496 e. The molecule has 0 bridgehead atoms. The molecule has 0 saturated heterocycles. The highest BCUT2D eigenvalue weighted by Crippen LogP contribution is 2.31. The van der Waals surface area contributed by atoms with E-state index < -0.39 is 28.5 Å². The second kappa shape index (κ2) is 14.7. The predicted octanol–water partition coefficient (Wildman–Crippen LogP) is 5.95. The van der Waals surface area contributed by atoms with Crippen LogP contribution in [0.15, 0.2) is 76.1 Å². The first-order chi connectivity index (χ1) is 19.5. The quantitative estimate of drug-likeness (QED) is 0.228. The molecule has 8 nitrogen and oxygen atoms in total. The van der Waals surface area contributed by atoms with Gasteiger partial charge in [0.25, 0.3) is 10.0 Å². The number of hydrogen-bond acceptors (Lipinski definition) is 5. The van der Waals surface area contributed by atoms with E-state index in [1.54, 1.807) is 61.5 Å². The lowest BCUT2D eigenvalue weighted by Gasteiger charge is -2.32. The van der Waals surface area contributed by atoms with Crippen molar-refractivity contribution in [2.24, 2.45) is 0 Å². The van der Waals surface area contributed by atoms with Gasteiger partial charge in [-0.3, -0.25) is 13.9 Å². The summed E-state index contributed by atoms with van der Waals surface area (Å²) in [6.45, 7) is 5.61. The molecule has 41 heavy (non-hydrogen) atoms. The van der Waals surface area contributed by atoms with E-state index in [0.29, 0.717) is 27.5 Å². The Morgan fingerprint density at radius 2 is 1.71 bits per heavy atom. The van der Waals surface area contributed by atoms with Gasteiger partial charge in [-0.1, -0.05) is 54.8 Å². The summed E-state index contributed by atoms with van der Waals surface area (Å²) in [5.41, 5.74) is 2.01. The molecule has 0 saturated carbocycles. The van der Waals surface area contributed by atoms with Gasteiger partial charge in [-0.2, -0.15) is 0 Å². The number of unbranched alkanes of at least 4 members (excludes halogenated alkanes) is 1. The summed E-state index contributed by atoms with van der Waals surface area (Å²) in [6.07, 6.45) is 1.72. The minimum atomic E-state index is -4.20. The van der Waals surface area contributed by atoms with E-state index in [1.807, 2.05) is 13.8 Å². The van der Waals surface area contributed by atoms with E-state index in [4.69, 9.17) is 16.3 Å². The molecule has 0 aliphatic carbocycles. The molecule has 0 aromatic heterocycles. The third-order valence-electron chi connectivity index (χ3n) is 6.58. The Morgan fingerprint density at radius 1 is 1.05 bits per heavy atom. The number of aryl methyl sites for hydroxylation is 1. The van der Waals surface area contributed by atoms with Crippen LogP contribution in [0.1, 0.15) is 37.8 Å². The molecule has 1 atom stereocenters. The zero-order valence-electron chi connectivity index (χ0n) is 23.6. The fourth-order valence-electron chi connectivity index (χ4n) is 4.08. The topological polar surface area (TPSA) is 96.0 Å². The zero-order chi connectivity index (χ0) is 30.2. The molecular formula is C30H35BrClN3O5S. The number of nitrogens with one attached hydrogen (secondary N) is 1. The summed E-state index contributed by atoms with van der Waals surface area (Å²) in [7, 11) is -2.72. The van der Waals surface area contributed by atoms with E-state index in [1.165, 1.54) is 24.1 Å². The van der Waals surface area contributed by atoms with Gasteiger partial charge in [-0.25, -0.2) is 8.42 Å². The Hall–Kier alpha value is -3.08. The van der Waals surface area contributed by atoms with Crippen LogP contribution in [0.25, 0.3) is 0 Å². The maximum atomic E-state index is 14.0. The first-order valence-corrected chi connectivity index (χ1v) is 15.8. The van der Waals surface area contributed by atoms with Crippen molar-refractivity contribution in [1.29, 1.82) is 0 Å². The summed E-state index contributed by atoms with van der Waals surface area (Å²) < 4.78 is 34.8. The van der Waals surface area contributed by atoms with Crippen LogP contribution >= 0.6 is 27.5 Å². The fraction of sp³-hybridized carbons (Fsp3) is 0.333. The molecule has 0 unspecified atom stereocenters. The van der Waals surface area contributed by atoms with Crippen LogP contribution in [0.5, 0.6) is 5.75 Å². The second-order valence-corrected chi connectivity index (χ2v) is 12.8. The van der Waals surface area contributed by atoms with Gasteiger partial charge in [0.2, 0.25) is 11.8 Å². The molecule has 11 heteroatoms. The fourth-order valence-corrected chi connectivity index (χ4v) is 6.34. The number of carbonyl (C=O) groups is 2. The molecule has 3 aromatic carbocycles. The van der Waals surface area contributed by atoms with Crippen LogP contribution in [-0.4, -0.2) is 51.4 Å². The first kappa shape index (κ1) is 32.4. The maximum absolute atomic E-state index is 14.0. The number of methoxy groups -OCH3 is 1. The molecule has 0 fully saturated rings. The number of hydrogen-bond donors (Lipinski definition) is 1. The van der Waals surface area contributed by atoms with Crippen LogP contribution < -0.4 is 14.4 Å². The van der Waals surface area contributed by atoms with Crippen LogP contribution in [-0.2, 0) is 26.2 Å². The van der Waals surface area contributed by atoms with Gasteiger partial charge in [0.1, 0.15) is 18.3 Å². The Morgan fingerprint density at radius 3 is 2.29 bits per heavy atom. The molecule has 0 radical (unpaired) electrons. The normalized spacial score (nSPS) is 12.0. The highest BCUT2D eigenvalue weighted by molar-refractivity contribution is 9.10. The van der Waals surface area contributed by atoms with Gasteiger partial charge in [0.15, 0.2) is 0 Å².